The molecule has 0 bridgehead atoms. The van der Waals surface area contributed by atoms with Gasteiger partial charge in [-0.2, -0.15) is 0 Å². The van der Waals surface area contributed by atoms with Gasteiger partial charge in [-0.25, -0.2) is 0 Å². The van der Waals surface area contributed by atoms with E-state index in [2.05, 4.69) is 15.6 Å². The van der Waals surface area contributed by atoms with Gasteiger partial charge in [-0.05, 0) is 30.8 Å². The van der Waals surface area contributed by atoms with Crippen LogP contribution in [0.3, 0.4) is 0 Å². The molecule has 1 aliphatic heterocycles. The molecule has 0 spiro atoms. The van der Waals surface area contributed by atoms with E-state index in [0.29, 0.717) is 18.8 Å². The maximum absolute atomic E-state index is 12.5. The van der Waals surface area contributed by atoms with Crippen LogP contribution in [0.1, 0.15) is 23.3 Å². The molecule has 3 rings (SSSR count). The van der Waals surface area contributed by atoms with E-state index in [4.69, 9.17) is 4.74 Å². The number of benzene rings is 1. The van der Waals surface area contributed by atoms with E-state index < -0.39 is 0 Å². The van der Waals surface area contributed by atoms with Crippen LogP contribution in [0.4, 0.5) is 0 Å². The lowest BCUT2D eigenvalue weighted by molar-refractivity contribution is 0.0889. The summed E-state index contributed by atoms with van der Waals surface area (Å²) in [6, 6.07) is 9.71. The number of methoxy groups -OCH3 is 1. The Balaban J connectivity index is 1.76. The summed E-state index contributed by atoms with van der Waals surface area (Å²) in [4.78, 5) is 16.8. The van der Waals surface area contributed by atoms with Gasteiger partial charge in [-0.3, -0.25) is 9.78 Å². The predicted molar refractivity (Wildman–Crippen MR) is 85.9 cm³/mol. The molecular weight excluding hydrogens is 278 g/mol. The molecule has 1 aliphatic rings. The van der Waals surface area contributed by atoms with Crippen molar-refractivity contribution in [2.24, 2.45) is 0 Å². The first-order valence-corrected chi connectivity index (χ1v) is 7.60. The van der Waals surface area contributed by atoms with E-state index in [-0.39, 0.29) is 11.4 Å². The van der Waals surface area contributed by atoms with Crippen molar-refractivity contribution in [1.82, 2.24) is 15.6 Å². The highest BCUT2D eigenvalue weighted by Crippen LogP contribution is 2.20. The summed E-state index contributed by atoms with van der Waals surface area (Å²) in [5.41, 5.74) is 0.318. The van der Waals surface area contributed by atoms with Crippen LogP contribution in [0.25, 0.3) is 10.8 Å². The monoisotopic (exact) mass is 299 g/mol. The molecule has 2 heterocycles. The Kier molecular flexibility index (Phi) is 4.36. The smallest absolute Gasteiger partial charge is 0.270 e. The second-order valence-electron chi connectivity index (χ2n) is 5.81. The van der Waals surface area contributed by atoms with Crippen LogP contribution in [-0.2, 0) is 4.74 Å². The van der Waals surface area contributed by atoms with Crippen molar-refractivity contribution in [3.8, 4) is 0 Å². The SMILES string of the molecule is COCC1(CNC(=O)c2nccc3ccccc23)CCCN1. The standard InChI is InChI=1S/C17H21N3O2/c1-22-12-17(8-4-9-20-17)11-19-16(21)15-14-6-3-2-5-13(14)7-10-18-15/h2-3,5-7,10,20H,4,8-9,11-12H2,1H3,(H,19,21). The van der Waals surface area contributed by atoms with Crippen molar-refractivity contribution in [2.75, 3.05) is 26.8 Å². The third-order valence-electron chi connectivity index (χ3n) is 4.23. The molecule has 0 saturated carbocycles. The average molecular weight is 299 g/mol. The summed E-state index contributed by atoms with van der Waals surface area (Å²) in [7, 11) is 1.69. The minimum Gasteiger partial charge on any atom is -0.383 e. The number of nitrogens with one attached hydrogen (secondary N) is 2. The average Bonchev–Trinajstić information content (AvgIpc) is 3.01. The summed E-state index contributed by atoms with van der Waals surface area (Å²) in [5.74, 6) is -0.138. The Morgan fingerprint density at radius 3 is 3.05 bits per heavy atom. The molecule has 22 heavy (non-hydrogen) atoms. The Morgan fingerprint density at radius 1 is 1.41 bits per heavy atom. The fourth-order valence-corrected chi connectivity index (χ4v) is 3.10. The number of amides is 1. The molecular formula is C17H21N3O2. The molecule has 1 aromatic carbocycles. The van der Waals surface area contributed by atoms with E-state index in [1.54, 1.807) is 13.3 Å². The molecule has 5 nitrogen and oxygen atoms in total. The van der Waals surface area contributed by atoms with Crippen LogP contribution < -0.4 is 10.6 Å². The molecule has 5 heteroatoms. The summed E-state index contributed by atoms with van der Waals surface area (Å²) >= 11 is 0. The van der Waals surface area contributed by atoms with Gasteiger partial charge >= 0.3 is 0 Å². The van der Waals surface area contributed by atoms with Gasteiger partial charge in [0.15, 0.2) is 0 Å². The van der Waals surface area contributed by atoms with Crippen LogP contribution in [-0.4, -0.2) is 43.2 Å². The lowest BCUT2D eigenvalue weighted by Gasteiger charge is -2.28. The van der Waals surface area contributed by atoms with Crippen LogP contribution >= 0.6 is 0 Å². The number of rotatable bonds is 5. The van der Waals surface area contributed by atoms with Crippen LogP contribution in [0.5, 0.6) is 0 Å². The highest BCUT2D eigenvalue weighted by Gasteiger charge is 2.34. The molecule has 1 unspecified atom stereocenters. The van der Waals surface area contributed by atoms with E-state index in [0.717, 1.165) is 30.2 Å². The van der Waals surface area contributed by atoms with E-state index in [1.165, 1.54) is 0 Å². The Labute approximate surface area is 130 Å². The number of hydrogen-bond acceptors (Lipinski definition) is 4. The lowest BCUT2D eigenvalue weighted by Crippen LogP contribution is -2.53. The van der Waals surface area contributed by atoms with Crippen molar-refractivity contribution < 1.29 is 9.53 Å². The van der Waals surface area contributed by atoms with Gasteiger partial charge in [0.1, 0.15) is 5.69 Å². The zero-order valence-electron chi connectivity index (χ0n) is 12.8. The topological polar surface area (TPSA) is 63.2 Å². The fraction of sp³-hybridized carbons (Fsp3) is 0.412. The molecule has 0 radical (unpaired) electrons. The van der Waals surface area contributed by atoms with Gasteiger partial charge in [-0.15, -0.1) is 0 Å². The number of nitrogens with zero attached hydrogens (tertiary/aromatic N) is 1. The van der Waals surface area contributed by atoms with Gasteiger partial charge in [0.2, 0.25) is 0 Å². The minimum absolute atomic E-state index is 0.138. The largest absolute Gasteiger partial charge is 0.383 e. The minimum atomic E-state index is -0.158. The number of ether oxygens (including phenoxy) is 1. The molecule has 1 atom stereocenters. The van der Waals surface area contributed by atoms with Crippen molar-refractivity contribution in [3.05, 3.63) is 42.2 Å². The van der Waals surface area contributed by atoms with Crippen LogP contribution in [0.2, 0.25) is 0 Å². The third kappa shape index (κ3) is 2.96. The second kappa shape index (κ2) is 6.42. The van der Waals surface area contributed by atoms with Gasteiger partial charge < -0.3 is 15.4 Å². The van der Waals surface area contributed by atoms with Gasteiger partial charge in [0.25, 0.3) is 5.91 Å². The first-order chi connectivity index (χ1) is 10.7. The molecule has 116 valence electrons. The molecule has 1 aromatic heterocycles. The fourth-order valence-electron chi connectivity index (χ4n) is 3.10. The quantitative estimate of drug-likeness (QED) is 0.882. The molecule has 2 N–H and O–H groups in total. The molecule has 1 amide bonds. The zero-order valence-corrected chi connectivity index (χ0v) is 12.8. The number of carbonyl (C=O) groups excluding carboxylic acids is 1. The molecule has 2 aromatic rings. The summed E-state index contributed by atoms with van der Waals surface area (Å²) in [6.45, 7) is 2.10. The van der Waals surface area contributed by atoms with Gasteiger partial charge in [0.05, 0.1) is 12.1 Å². The van der Waals surface area contributed by atoms with E-state index >= 15 is 0 Å². The van der Waals surface area contributed by atoms with E-state index in [9.17, 15) is 4.79 Å². The maximum atomic E-state index is 12.5. The molecule has 0 aliphatic carbocycles. The Bertz CT molecular complexity index is 661. The van der Waals surface area contributed by atoms with Crippen LogP contribution in [0, 0.1) is 0 Å². The van der Waals surface area contributed by atoms with E-state index in [1.807, 2.05) is 30.3 Å². The summed E-state index contributed by atoms with van der Waals surface area (Å²) < 4.78 is 5.31. The third-order valence-corrected chi connectivity index (χ3v) is 4.23. The van der Waals surface area contributed by atoms with Crippen molar-refractivity contribution >= 4 is 16.7 Å². The van der Waals surface area contributed by atoms with Gasteiger partial charge in [0, 0.05) is 25.2 Å². The number of fused-ring (bicyclic) bond motifs is 1. The maximum Gasteiger partial charge on any atom is 0.270 e. The second-order valence-corrected chi connectivity index (χ2v) is 5.81. The predicted octanol–water partition coefficient (Wildman–Crippen LogP) is 1.73. The Morgan fingerprint density at radius 2 is 2.27 bits per heavy atom. The number of pyridine rings is 1. The number of hydrogen-bond donors (Lipinski definition) is 2. The summed E-state index contributed by atoms with van der Waals surface area (Å²) in [5, 5.41) is 8.37. The normalized spacial score (nSPS) is 21.1. The molecule has 1 saturated heterocycles. The van der Waals surface area contributed by atoms with Crippen molar-refractivity contribution in [3.63, 3.8) is 0 Å². The van der Waals surface area contributed by atoms with Crippen molar-refractivity contribution in [1.29, 1.82) is 0 Å². The summed E-state index contributed by atoms with van der Waals surface area (Å²) in [6.07, 6.45) is 3.78. The first-order valence-electron chi connectivity index (χ1n) is 7.60. The van der Waals surface area contributed by atoms with Crippen LogP contribution in [0.15, 0.2) is 36.5 Å². The van der Waals surface area contributed by atoms with Crippen molar-refractivity contribution in [2.45, 2.75) is 18.4 Å². The lowest BCUT2D eigenvalue weighted by atomic mass is 9.98. The highest BCUT2D eigenvalue weighted by atomic mass is 16.5. The number of aromatic nitrogens is 1. The zero-order chi connectivity index (χ0) is 15.4. The highest BCUT2D eigenvalue weighted by molar-refractivity contribution is 6.05. The van der Waals surface area contributed by atoms with Gasteiger partial charge in [-0.1, -0.05) is 24.3 Å². The Hall–Kier alpha value is -1.98. The number of carbonyl (C=O) groups is 1. The first kappa shape index (κ1) is 14.9. The molecule has 1 fully saturated rings.